The van der Waals surface area contributed by atoms with Crippen LogP contribution in [0.15, 0.2) is 11.3 Å². The van der Waals surface area contributed by atoms with E-state index in [0.29, 0.717) is 18.3 Å². The molecule has 1 heterocycles. The number of aromatic nitrogens is 3. The zero-order valence-corrected chi connectivity index (χ0v) is 7.99. The molecule has 5 heteroatoms. The summed E-state index contributed by atoms with van der Waals surface area (Å²) in [5.74, 6) is 1.86. The highest BCUT2D eigenvalue weighted by Gasteiger charge is 1.98. The number of hydrogen-bond acceptors (Lipinski definition) is 3. The monoisotopic (exact) mass is 181 g/mol. The van der Waals surface area contributed by atoms with Gasteiger partial charge in [0.1, 0.15) is 12.2 Å². The Bertz CT molecular complexity index is 262. The number of nitrogens with one attached hydrogen (secondary N) is 1. The van der Waals surface area contributed by atoms with E-state index in [4.69, 9.17) is 5.73 Å². The van der Waals surface area contributed by atoms with Crippen LogP contribution >= 0.6 is 0 Å². The molecule has 5 nitrogen and oxygen atoms in total. The van der Waals surface area contributed by atoms with E-state index in [1.807, 2.05) is 13.8 Å². The summed E-state index contributed by atoms with van der Waals surface area (Å²) in [6.45, 7) is 4.71. The maximum Gasteiger partial charge on any atom is 0.137 e. The highest BCUT2D eigenvalue weighted by Crippen LogP contribution is 1.93. The average Bonchev–Trinajstić information content (AvgIpc) is 2.56. The molecule has 0 bridgehead atoms. The van der Waals surface area contributed by atoms with Crippen LogP contribution in [0.2, 0.25) is 0 Å². The van der Waals surface area contributed by atoms with Gasteiger partial charge >= 0.3 is 0 Å². The van der Waals surface area contributed by atoms with Crippen LogP contribution < -0.4 is 5.73 Å². The molecule has 0 saturated carbocycles. The third-order valence-electron chi connectivity index (χ3n) is 1.70. The molecule has 0 radical (unpaired) electrons. The molecule has 0 amide bonds. The lowest BCUT2D eigenvalue weighted by molar-refractivity contribution is 0.829. The largest absolute Gasteiger partial charge is 0.387 e. The number of aromatic amines is 1. The van der Waals surface area contributed by atoms with Crippen molar-refractivity contribution in [3.05, 3.63) is 12.2 Å². The molecular formula is C8H15N5. The van der Waals surface area contributed by atoms with Gasteiger partial charge in [-0.05, 0) is 0 Å². The van der Waals surface area contributed by atoms with Crippen LogP contribution in [0.25, 0.3) is 0 Å². The Morgan fingerprint density at radius 2 is 2.46 bits per heavy atom. The van der Waals surface area contributed by atoms with Crippen molar-refractivity contribution >= 4 is 5.84 Å². The van der Waals surface area contributed by atoms with Gasteiger partial charge in [-0.3, -0.25) is 10.1 Å². The maximum absolute atomic E-state index is 5.66. The van der Waals surface area contributed by atoms with Crippen molar-refractivity contribution in [2.24, 2.45) is 16.6 Å². The van der Waals surface area contributed by atoms with Crippen LogP contribution in [-0.2, 0) is 6.42 Å². The fraction of sp³-hybridized carbons (Fsp3) is 0.625. The van der Waals surface area contributed by atoms with Gasteiger partial charge < -0.3 is 5.73 Å². The van der Waals surface area contributed by atoms with E-state index < -0.39 is 0 Å². The number of hydrogen-bond donors (Lipinski definition) is 2. The average molecular weight is 181 g/mol. The van der Waals surface area contributed by atoms with Crippen LogP contribution in [0.3, 0.4) is 0 Å². The van der Waals surface area contributed by atoms with Crippen molar-refractivity contribution in [2.75, 3.05) is 6.54 Å². The third-order valence-corrected chi connectivity index (χ3v) is 1.70. The molecule has 0 spiro atoms. The predicted octanol–water partition coefficient (Wildman–Crippen LogP) is 0.360. The lowest BCUT2D eigenvalue weighted by Gasteiger charge is -2.02. The molecule has 0 aliphatic carbocycles. The first-order valence-corrected chi connectivity index (χ1v) is 4.34. The Hall–Kier alpha value is -1.39. The first kappa shape index (κ1) is 9.70. The molecule has 0 unspecified atom stereocenters. The number of amidine groups is 1. The van der Waals surface area contributed by atoms with E-state index >= 15 is 0 Å². The molecule has 0 aliphatic heterocycles. The number of nitrogens with zero attached hydrogens (tertiary/aromatic N) is 3. The summed E-state index contributed by atoms with van der Waals surface area (Å²) in [6.07, 6.45) is 2.25. The fourth-order valence-corrected chi connectivity index (χ4v) is 0.825. The summed E-state index contributed by atoms with van der Waals surface area (Å²) < 4.78 is 0. The van der Waals surface area contributed by atoms with Crippen LogP contribution in [0.1, 0.15) is 19.7 Å². The van der Waals surface area contributed by atoms with E-state index in [1.54, 1.807) is 0 Å². The molecule has 1 rings (SSSR count). The van der Waals surface area contributed by atoms with Gasteiger partial charge in [0.25, 0.3) is 0 Å². The highest BCUT2D eigenvalue weighted by molar-refractivity contribution is 5.82. The van der Waals surface area contributed by atoms with Crippen molar-refractivity contribution < 1.29 is 0 Å². The van der Waals surface area contributed by atoms with Crippen molar-refractivity contribution in [3.8, 4) is 0 Å². The van der Waals surface area contributed by atoms with Crippen molar-refractivity contribution in [1.82, 2.24) is 15.2 Å². The standard InChI is InChI=1S/C8H15N5/c1-6(2)8(9)10-4-3-7-11-5-12-13-7/h5-6H,3-4H2,1-2H3,(H2,9,10)(H,11,12,13). The SMILES string of the molecule is CC(C)C(N)=NCCc1ncn[nH]1. The third kappa shape index (κ3) is 3.23. The van der Waals surface area contributed by atoms with Crippen molar-refractivity contribution in [1.29, 1.82) is 0 Å². The van der Waals surface area contributed by atoms with E-state index in [1.165, 1.54) is 6.33 Å². The quantitative estimate of drug-likeness (QED) is 0.520. The zero-order valence-electron chi connectivity index (χ0n) is 7.99. The summed E-state index contributed by atoms with van der Waals surface area (Å²) in [7, 11) is 0. The Morgan fingerprint density at radius 1 is 1.69 bits per heavy atom. The summed E-state index contributed by atoms with van der Waals surface area (Å²) in [5.41, 5.74) is 5.66. The second-order valence-electron chi connectivity index (χ2n) is 3.14. The molecule has 72 valence electrons. The minimum Gasteiger partial charge on any atom is -0.387 e. The summed E-state index contributed by atoms with van der Waals surface area (Å²) in [5, 5.41) is 6.51. The normalized spacial score (nSPS) is 12.4. The molecule has 0 saturated heterocycles. The van der Waals surface area contributed by atoms with Crippen LogP contribution in [0.5, 0.6) is 0 Å². The van der Waals surface area contributed by atoms with Gasteiger partial charge in [0.15, 0.2) is 0 Å². The highest BCUT2D eigenvalue weighted by atomic mass is 15.2. The minimum absolute atomic E-state index is 0.315. The van der Waals surface area contributed by atoms with E-state index in [-0.39, 0.29) is 0 Å². The van der Waals surface area contributed by atoms with Crippen LogP contribution in [0.4, 0.5) is 0 Å². The Labute approximate surface area is 77.5 Å². The summed E-state index contributed by atoms with van der Waals surface area (Å²) in [6, 6.07) is 0. The van der Waals surface area contributed by atoms with Crippen molar-refractivity contribution in [3.63, 3.8) is 0 Å². The molecular weight excluding hydrogens is 166 g/mol. The maximum atomic E-state index is 5.66. The minimum atomic E-state index is 0.315. The van der Waals surface area contributed by atoms with Gasteiger partial charge in [-0.2, -0.15) is 5.10 Å². The Morgan fingerprint density at radius 3 is 3.00 bits per heavy atom. The van der Waals surface area contributed by atoms with Crippen LogP contribution in [0, 0.1) is 5.92 Å². The first-order valence-electron chi connectivity index (χ1n) is 4.34. The number of H-pyrrole nitrogens is 1. The Balaban J connectivity index is 2.32. The molecule has 0 atom stereocenters. The number of aliphatic imine (C=N–C) groups is 1. The first-order chi connectivity index (χ1) is 6.20. The van der Waals surface area contributed by atoms with E-state index in [0.717, 1.165) is 12.2 Å². The van der Waals surface area contributed by atoms with Gasteiger partial charge in [-0.15, -0.1) is 0 Å². The smallest absolute Gasteiger partial charge is 0.137 e. The van der Waals surface area contributed by atoms with Gasteiger partial charge in [-0.25, -0.2) is 4.98 Å². The summed E-state index contributed by atoms with van der Waals surface area (Å²) in [4.78, 5) is 8.19. The molecule has 0 fully saturated rings. The zero-order chi connectivity index (χ0) is 9.68. The number of rotatable bonds is 4. The second kappa shape index (κ2) is 4.59. The molecule has 1 aromatic heterocycles. The van der Waals surface area contributed by atoms with Gasteiger partial charge in [0.2, 0.25) is 0 Å². The number of nitrogens with two attached hydrogens (primary N) is 1. The lowest BCUT2D eigenvalue weighted by Crippen LogP contribution is -2.19. The lowest BCUT2D eigenvalue weighted by atomic mass is 10.2. The topological polar surface area (TPSA) is 79.9 Å². The summed E-state index contributed by atoms with van der Waals surface area (Å²) >= 11 is 0. The fourth-order valence-electron chi connectivity index (χ4n) is 0.825. The van der Waals surface area contributed by atoms with Gasteiger partial charge in [0, 0.05) is 18.9 Å². The van der Waals surface area contributed by atoms with E-state index in [2.05, 4.69) is 20.2 Å². The molecule has 0 aromatic carbocycles. The predicted molar refractivity (Wildman–Crippen MR) is 51.4 cm³/mol. The molecule has 0 aliphatic rings. The molecule has 3 N–H and O–H groups in total. The second-order valence-corrected chi connectivity index (χ2v) is 3.14. The van der Waals surface area contributed by atoms with Gasteiger partial charge in [0.05, 0.1) is 5.84 Å². The van der Waals surface area contributed by atoms with Crippen molar-refractivity contribution in [2.45, 2.75) is 20.3 Å². The Kier molecular flexibility index (Phi) is 3.42. The van der Waals surface area contributed by atoms with Crippen LogP contribution in [-0.4, -0.2) is 27.6 Å². The molecule has 1 aromatic rings. The molecule has 13 heavy (non-hydrogen) atoms. The van der Waals surface area contributed by atoms with Gasteiger partial charge in [-0.1, -0.05) is 13.8 Å². The van der Waals surface area contributed by atoms with E-state index in [9.17, 15) is 0 Å².